The molecule has 0 radical (unpaired) electrons. The highest BCUT2D eigenvalue weighted by Gasteiger charge is 2.16. The highest BCUT2D eigenvalue weighted by atomic mass is 16.5. The number of carbonyl (C=O) groups is 2. The molecule has 1 fully saturated rings. The average molecular weight is 371 g/mol. The van der Waals surface area contributed by atoms with Crippen LogP contribution in [-0.2, 0) is 11.3 Å². The zero-order chi connectivity index (χ0) is 19.1. The Labute approximate surface area is 158 Å². The molecule has 2 aromatic rings. The molecule has 2 amide bonds. The second-order valence-corrected chi connectivity index (χ2v) is 6.73. The molecule has 0 spiro atoms. The van der Waals surface area contributed by atoms with Crippen LogP contribution in [0.1, 0.15) is 53.8 Å². The monoisotopic (exact) mass is 371 g/mol. The first-order chi connectivity index (χ1) is 13.1. The van der Waals surface area contributed by atoms with Crippen LogP contribution in [0.25, 0.3) is 0 Å². The van der Waals surface area contributed by atoms with Crippen LogP contribution in [-0.4, -0.2) is 29.4 Å². The summed E-state index contributed by atoms with van der Waals surface area (Å²) in [7, 11) is 0. The lowest BCUT2D eigenvalue weighted by molar-refractivity contribution is -0.120. The molecule has 1 aliphatic rings. The topological polar surface area (TPSA) is 93.5 Å². The van der Waals surface area contributed by atoms with Gasteiger partial charge in [-0.1, -0.05) is 6.42 Å². The van der Waals surface area contributed by atoms with Crippen molar-refractivity contribution < 1.29 is 18.7 Å². The second kappa shape index (κ2) is 9.21. The summed E-state index contributed by atoms with van der Waals surface area (Å²) in [4.78, 5) is 28.2. The summed E-state index contributed by atoms with van der Waals surface area (Å²) in [6, 6.07) is 5.26. The molecule has 0 saturated heterocycles. The van der Waals surface area contributed by atoms with E-state index in [0.717, 1.165) is 18.4 Å². The van der Waals surface area contributed by atoms with Crippen LogP contribution in [0.3, 0.4) is 0 Å². The molecule has 2 heterocycles. The first-order valence-electron chi connectivity index (χ1n) is 9.32. The van der Waals surface area contributed by atoms with Crippen LogP contribution >= 0.6 is 0 Å². The molecule has 1 aliphatic carbocycles. The molecule has 2 aromatic heterocycles. The van der Waals surface area contributed by atoms with Crippen LogP contribution in [0.2, 0.25) is 0 Å². The molecular weight excluding hydrogens is 346 g/mol. The third kappa shape index (κ3) is 5.57. The maximum Gasteiger partial charge on any atom is 0.255 e. The SMILES string of the molecule is Cc1occc1C(=O)NCC(=O)NCc1ccnc(OC2CCCCC2)c1. The fourth-order valence-corrected chi connectivity index (χ4v) is 3.12. The third-order valence-electron chi connectivity index (χ3n) is 4.64. The van der Waals surface area contributed by atoms with Gasteiger partial charge in [-0.05, 0) is 50.3 Å². The third-order valence-corrected chi connectivity index (χ3v) is 4.64. The van der Waals surface area contributed by atoms with Crippen LogP contribution in [0.5, 0.6) is 5.88 Å². The van der Waals surface area contributed by atoms with Gasteiger partial charge in [-0.25, -0.2) is 4.98 Å². The smallest absolute Gasteiger partial charge is 0.255 e. The van der Waals surface area contributed by atoms with E-state index in [1.807, 2.05) is 12.1 Å². The lowest BCUT2D eigenvalue weighted by atomic mass is 9.98. The molecule has 0 aliphatic heterocycles. The zero-order valence-electron chi connectivity index (χ0n) is 15.5. The summed E-state index contributed by atoms with van der Waals surface area (Å²) in [6.07, 6.45) is 9.17. The number of nitrogens with zero attached hydrogens (tertiary/aromatic N) is 1. The average Bonchev–Trinajstić information content (AvgIpc) is 3.11. The lowest BCUT2D eigenvalue weighted by Crippen LogP contribution is -2.36. The molecule has 3 rings (SSSR count). The van der Waals surface area contributed by atoms with Gasteiger partial charge in [0.25, 0.3) is 5.91 Å². The van der Waals surface area contributed by atoms with Crippen molar-refractivity contribution in [3.8, 4) is 5.88 Å². The molecular formula is C20H25N3O4. The molecule has 7 nitrogen and oxygen atoms in total. The number of nitrogens with one attached hydrogen (secondary N) is 2. The number of furan rings is 1. The van der Waals surface area contributed by atoms with E-state index in [-0.39, 0.29) is 24.5 Å². The molecule has 144 valence electrons. The Morgan fingerprint density at radius 2 is 2.04 bits per heavy atom. The minimum absolute atomic E-state index is 0.0973. The number of aromatic nitrogens is 1. The summed E-state index contributed by atoms with van der Waals surface area (Å²) in [5.41, 5.74) is 1.34. The van der Waals surface area contributed by atoms with Crippen LogP contribution in [0, 0.1) is 6.92 Å². The van der Waals surface area contributed by atoms with Gasteiger partial charge in [0.15, 0.2) is 0 Å². The zero-order valence-corrected chi connectivity index (χ0v) is 15.5. The highest BCUT2D eigenvalue weighted by molar-refractivity contribution is 5.97. The Morgan fingerprint density at radius 1 is 1.22 bits per heavy atom. The van der Waals surface area contributed by atoms with Gasteiger partial charge in [0.1, 0.15) is 11.9 Å². The Bertz CT molecular complexity index is 781. The number of pyridine rings is 1. The number of carbonyl (C=O) groups excluding carboxylic acids is 2. The van der Waals surface area contributed by atoms with E-state index in [9.17, 15) is 9.59 Å². The van der Waals surface area contributed by atoms with E-state index in [4.69, 9.17) is 9.15 Å². The number of hydrogen-bond acceptors (Lipinski definition) is 5. The fraction of sp³-hybridized carbons (Fsp3) is 0.450. The van der Waals surface area contributed by atoms with Crippen molar-refractivity contribution in [1.82, 2.24) is 15.6 Å². The van der Waals surface area contributed by atoms with Gasteiger partial charge in [0, 0.05) is 18.8 Å². The van der Waals surface area contributed by atoms with Crippen LogP contribution in [0.15, 0.2) is 35.1 Å². The molecule has 27 heavy (non-hydrogen) atoms. The van der Waals surface area contributed by atoms with E-state index >= 15 is 0 Å². The maximum absolute atomic E-state index is 12.0. The summed E-state index contributed by atoms with van der Waals surface area (Å²) in [5.74, 6) is 0.520. The molecule has 2 N–H and O–H groups in total. The van der Waals surface area contributed by atoms with Gasteiger partial charge < -0.3 is 19.8 Å². The van der Waals surface area contributed by atoms with E-state index < -0.39 is 0 Å². The van der Waals surface area contributed by atoms with Crippen molar-refractivity contribution in [3.05, 3.63) is 47.5 Å². The first kappa shape index (κ1) is 18.9. The van der Waals surface area contributed by atoms with Gasteiger partial charge >= 0.3 is 0 Å². The van der Waals surface area contributed by atoms with Gasteiger partial charge in [-0.2, -0.15) is 0 Å². The van der Waals surface area contributed by atoms with Crippen molar-refractivity contribution in [2.45, 2.75) is 51.7 Å². The van der Waals surface area contributed by atoms with Crippen molar-refractivity contribution in [1.29, 1.82) is 0 Å². The van der Waals surface area contributed by atoms with Crippen molar-refractivity contribution in [2.24, 2.45) is 0 Å². The molecule has 0 bridgehead atoms. The Balaban J connectivity index is 1.43. The normalized spacial score (nSPS) is 14.6. The Kier molecular flexibility index (Phi) is 6.46. The fourth-order valence-electron chi connectivity index (χ4n) is 3.12. The Morgan fingerprint density at radius 3 is 2.78 bits per heavy atom. The van der Waals surface area contributed by atoms with Crippen LogP contribution in [0.4, 0.5) is 0 Å². The van der Waals surface area contributed by atoms with E-state index in [1.165, 1.54) is 25.5 Å². The first-order valence-corrected chi connectivity index (χ1v) is 9.32. The molecule has 7 heteroatoms. The number of aryl methyl sites for hydroxylation is 1. The lowest BCUT2D eigenvalue weighted by Gasteiger charge is -2.22. The number of rotatable bonds is 7. The number of ether oxygens (including phenoxy) is 1. The van der Waals surface area contributed by atoms with Gasteiger partial charge in [0.05, 0.1) is 18.4 Å². The summed E-state index contributed by atoms with van der Waals surface area (Å²) < 4.78 is 11.0. The van der Waals surface area contributed by atoms with Crippen LogP contribution < -0.4 is 15.4 Å². The van der Waals surface area contributed by atoms with Gasteiger partial charge in [-0.3, -0.25) is 9.59 Å². The minimum Gasteiger partial charge on any atom is -0.474 e. The summed E-state index contributed by atoms with van der Waals surface area (Å²) in [5, 5.41) is 5.36. The quantitative estimate of drug-likeness (QED) is 0.781. The summed E-state index contributed by atoms with van der Waals surface area (Å²) >= 11 is 0. The van der Waals surface area contributed by atoms with Gasteiger partial charge in [-0.15, -0.1) is 0 Å². The number of amides is 2. The molecule has 1 saturated carbocycles. The highest BCUT2D eigenvalue weighted by Crippen LogP contribution is 2.22. The van der Waals surface area contributed by atoms with Crippen molar-refractivity contribution >= 4 is 11.8 Å². The predicted molar refractivity (Wildman–Crippen MR) is 99.4 cm³/mol. The largest absolute Gasteiger partial charge is 0.474 e. The number of hydrogen-bond donors (Lipinski definition) is 2. The Hall–Kier alpha value is -2.83. The van der Waals surface area contributed by atoms with E-state index in [1.54, 1.807) is 19.2 Å². The second-order valence-electron chi connectivity index (χ2n) is 6.73. The van der Waals surface area contributed by atoms with E-state index in [0.29, 0.717) is 23.7 Å². The molecule has 0 aromatic carbocycles. The van der Waals surface area contributed by atoms with E-state index in [2.05, 4.69) is 15.6 Å². The predicted octanol–water partition coefficient (Wildman–Crippen LogP) is 2.74. The standard InChI is InChI=1S/C20H25N3O4/c1-14-17(8-10-26-14)20(25)23-13-18(24)22-12-15-7-9-21-19(11-15)27-16-5-3-2-4-6-16/h7-11,16H,2-6,12-13H2,1H3,(H,22,24)(H,23,25). The van der Waals surface area contributed by atoms with Gasteiger partial charge in [0.2, 0.25) is 11.8 Å². The minimum atomic E-state index is -0.330. The van der Waals surface area contributed by atoms with Crippen molar-refractivity contribution in [3.63, 3.8) is 0 Å². The maximum atomic E-state index is 12.0. The molecule has 0 unspecified atom stereocenters. The molecule has 0 atom stereocenters. The summed E-state index contributed by atoms with van der Waals surface area (Å²) in [6.45, 7) is 1.95. The van der Waals surface area contributed by atoms with Crippen molar-refractivity contribution in [2.75, 3.05) is 6.54 Å².